The van der Waals surface area contributed by atoms with E-state index >= 15 is 0 Å². The lowest BCUT2D eigenvalue weighted by atomic mass is 10.0. The first-order valence-electron chi connectivity index (χ1n) is 7.97. The van der Waals surface area contributed by atoms with Crippen LogP contribution in [0.5, 0.6) is 0 Å². The van der Waals surface area contributed by atoms with Gasteiger partial charge < -0.3 is 9.47 Å². The van der Waals surface area contributed by atoms with Gasteiger partial charge in [-0.1, -0.05) is 18.2 Å². The van der Waals surface area contributed by atoms with E-state index in [9.17, 15) is 0 Å². The molecule has 1 spiro atoms. The lowest BCUT2D eigenvalue weighted by Gasteiger charge is -2.37. The van der Waals surface area contributed by atoms with E-state index in [1.807, 2.05) is 12.1 Å². The molecule has 0 aliphatic carbocycles. The van der Waals surface area contributed by atoms with E-state index in [2.05, 4.69) is 28.9 Å². The predicted octanol–water partition coefficient (Wildman–Crippen LogP) is 2.28. The number of hydrogen-bond donors (Lipinski definition) is 0. The molecular weight excluding hydrogens is 278 g/mol. The number of piperidine rings is 1. The van der Waals surface area contributed by atoms with Crippen LogP contribution in [0.3, 0.4) is 0 Å². The number of aryl methyl sites for hydroxylation is 1. The number of para-hydroxylation sites is 1. The van der Waals surface area contributed by atoms with Crippen LogP contribution < -0.4 is 0 Å². The van der Waals surface area contributed by atoms with E-state index in [4.69, 9.17) is 14.5 Å². The number of nitrogens with zero attached hydrogens (tertiary/aromatic N) is 3. The van der Waals surface area contributed by atoms with Gasteiger partial charge >= 0.3 is 0 Å². The maximum Gasteiger partial charge on any atom is 0.170 e. The van der Waals surface area contributed by atoms with Gasteiger partial charge in [0.05, 0.1) is 25.3 Å². The van der Waals surface area contributed by atoms with E-state index < -0.39 is 0 Å². The summed E-state index contributed by atoms with van der Waals surface area (Å²) in [6.45, 7) is 6.24. The minimum Gasteiger partial charge on any atom is -0.347 e. The van der Waals surface area contributed by atoms with Gasteiger partial charge in [-0.2, -0.15) is 0 Å². The van der Waals surface area contributed by atoms with Crippen LogP contribution in [0.15, 0.2) is 24.3 Å². The summed E-state index contributed by atoms with van der Waals surface area (Å²) >= 11 is 0. The van der Waals surface area contributed by atoms with Crippen molar-refractivity contribution in [3.05, 3.63) is 35.8 Å². The molecule has 2 saturated heterocycles. The van der Waals surface area contributed by atoms with E-state index in [1.54, 1.807) is 0 Å². The SMILES string of the molecule is Cc1nc(CN2CCC3(CC2)OCCO3)nc2ccccc12. The van der Waals surface area contributed by atoms with Crippen LogP contribution in [0.25, 0.3) is 10.9 Å². The molecule has 1 aromatic carbocycles. The van der Waals surface area contributed by atoms with E-state index in [-0.39, 0.29) is 5.79 Å². The van der Waals surface area contributed by atoms with Crippen molar-refractivity contribution < 1.29 is 9.47 Å². The molecule has 22 heavy (non-hydrogen) atoms. The van der Waals surface area contributed by atoms with Crippen molar-refractivity contribution in [1.29, 1.82) is 0 Å². The second kappa shape index (κ2) is 5.57. The Morgan fingerprint density at radius 3 is 2.59 bits per heavy atom. The van der Waals surface area contributed by atoms with Crippen molar-refractivity contribution >= 4 is 10.9 Å². The number of fused-ring (bicyclic) bond motifs is 1. The quantitative estimate of drug-likeness (QED) is 0.851. The third-order valence-electron chi connectivity index (χ3n) is 4.64. The topological polar surface area (TPSA) is 47.5 Å². The molecule has 2 aliphatic heterocycles. The Hall–Kier alpha value is -1.56. The molecule has 0 bridgehead atoms. The van der Waals surface area contributed by atoms with Gasteiger partial charge in [0.25, 0.3) is 0 Å². The fourth-order valence-electron chi connectivity index (χ4n) is 3.40. The number of aromatic nitrogens is 2. The molecule has 2 aromatic rings. The van der Waals surface area contributed by atoms with E-state index in [1.165, 1.54) is 0 Å². The Morgan fingerprint density at radius 2 is 1.82 bits per heavy atom. The van der Waals surface area contributed by atoms with Crippen molar-refractivity contribution in [1.82, 2.24) is 14.9 Å². The lowest BCUT2D eigenvalue weighted by Crippen LogP contribution is -2.44. The fourth-order valence-corrected chi connectivity index (χ4v) is 3.40. The number of hydrogen-bond acceptors (Lipinski definition) is 5. The summed E-state index contributed by atoms with van der Waals surface area (Å²) in [5.74, 6) is 0.594. The Labute approximate surface area is 130 Å². The van der Waals surface area contributed by atoms with Gasteiger partial charge in [0.2, 0.25) is 0 Å². The van der Waals surface area contributed by atoms with Crippen molar-refractivity contribution in [3.63, 3.8) is 0 Å². The summed E-state index contributed by atoms with van der Waals surface area (Å²) < 4.78 is 11.6. The molecular formula is C17H21N3O2. The Morgan fingerprint density at radius 1 is 1.09 bits per heavy atom. The van der Waals surface area contributed by atoms with Crippen molar-refractivity contribution in [2.24, 2.45) is 0 Å². The van der Waals surface area contributed by atoms with Crippen LogP contribution in [0.1, 0.15) is 24.4 Å². The largest absolute Gasteiger partial charge is 0.347 e. The molecule has 0 N–H and O–H groups in total. The highest BCUT2D eigenvalue weighted by molar-refractivity contribution is 5.80. The minimum atomic E-state index is -0.309. The molecule has 5 nitrogen and oxygen atoms in total. The first-order valence-corrected chi connectivity index (χ1v) is 7.97. The first-order chi connectivity index (χ1) is 10.7. The summed E-state index contributed by atoms with van der Waals surface area (Å²) in [7, 11) is 0. The van der Waals surface area contributed by atoms with Crippen LogP contribution in [-0.2, 0) is 16.0 Å². The summed E-state index contributed by atoms with van der Waals surface area (Å²) in [5, 5.41) is 1.14. The molecule has 4 rings (SSSR count). The van der Waals surface area contributed by atoms with Gasteiger partial charge in [-0.25, -0.2) is 9.97 Å². The zero-order chi connectivity index (χ0) is 15.0. The Kier molecular flexibility index (Phi) is 3.56. The van der Waals surface area contributed by atoms with Gasteiger partial charge in [0.15, 0.2) is 5.79 Å². The molecule has 1 aromatic heterocycles. The van der Waals surface area contributed by atoms with Gasteiger partial charge in [-0.15, -0.1) is 0 Å². The summed E-state index contributed by atoms with van der Waals surface area (Å²) in [4.78, 5) is 11.8. The molecule has 2 aliphatic rings. The Balaban J connectivity index is 1.48. The normalized spacial score (nSPS) is 21.7. The van der Waals surface area contributed by atoms with Gasteiger partial charge in [0, 0.05) is 37.0 Å². The fraction of sp³-hybridized carbons (Fsp3) is 0.529. The minimum absolute atomic E-state index is 0.309. The molecule has 0 saturated carbocycles. The summed E-state index contributed by atoms with van der Waals surface area (Å²) in [6, 6.07) is 8.19. The number of ether oxygens (including phenoxy) is 2. The standard InChI is InChI=1S/C17H21N3O2/c1-13-14-4-2-3-5-15(14)19-16(18-13)12-20-8-6-17(7-9-20)21-10-11-22-17/h2-5H,6-12H2,1H3. The smallest absolute Gasteiger partial charge is 0.170 e. The van der Waals surface area contributed by atoms with Crippen LogP contribution in [0.2, 0.25) is 0 Å². The highest BCUT2D eigenvalue weighted by atomic mass is 16.7. The van der Waals surface area contributed by atoms with Gasteiger partial charge in [0.1, 0.15) is 5.82 Å². The molecule has 0 atom stereocenters. The molecule has 116 valence electrons. The third-order valence-corrected chi connectivity index (χ3v) is 4.64. The highest BCUT2D eigenvalue weighted by Crippen LogP contribution is 2.31. The van der Waals surface area contributed by atoms with E-state index in [0.717, 1.165) is 68.1 Å². The van der Waals surface area contributed by atoms with Crippen molar-refractivity contribution in [2.45, 2.75) is 32.1 Å². The van der Waals surface area contributed by atoms with Crippen LogP contribution >= 0.6 is 0 Å². The van der Waals surface area contributed by atoms with Gasteiger partial charge in [-0.3, -0.25) is 4.90 Å². The van der Waals surface area contributed by atoms with Crippen molar-refractivity contribution in [2.75, 3.05) is 26.3 Å². The van der Waals surface area contributed by atoms with Crippen LogP contribution in [-0.4, -0.2) is 47.0 Å². The molecule has 2 fully saturated rings. The Bertz CT molecular complexity index is 673. The molecule has 5 heteroatoms. The van der Waals surface area contributed by atoms with Gasteiger partial charge in [-0.05, 0) is 13.0 Å². The zero-order valence-corrected chi connectivity index (χ0v) is 12.9. The monoisotopic (exact) mass is 299 g/mol. The van der Waals surface area contributed by atoms with E-state index in [0.29, 0.717) is 0 Å². The third kappa shape index (κ3) is 2.60. The summed E-state index contributed by atoms with van der Waals surface area (Å²) in [6.07, 6.45) is 1.86. The second-order valence-electron chi connectivity index (χ2n) is 6.13. The first kappa shape index (κ1) is 14.1. The molecule has 0 amide bonds. The van der Waals surface area contributed by atoms with Crippen LogP contribution in [0.4, 0.5) is 0 Å². The number of likely N-dealkylation sites (tertiary alicyclic amines) is 1. The molecule has 3 heterocycles. The second-order valence-corrected chi connectivity index (χ2v) is 6.13. The molecule has 0 radical (unpaired) electrons. The maximum atomic E-state index is 5.78. The lowest BCUT2D eigenvalue weighted by molar-refractivity contribution is -0.185. The number of benzene rings is 1. The maximum absolute atomic E-state index is 5.78. The highest BCUT2D eigenvalue weighted by Gasteiger charge is 2.39. The summed E-state index contributed by atoms with van der Waals surface area (Å²) in [5.41, 5.74) is 2.08. The average Bonchev–Trinajstić information content (AvgIpc) is 2.98. The molecule has 0 unspecified atom stereocenters. The van der Waals surface area contributed by atoms with Crippen molar-refractivity contribution in [3.8, 4) is 0 Å². The number of rotatable bonds is 2. The average molecular weight is 299 g/mol. The zero-order valence-electron chi connectivity index (χ0n) is 12.9. The van der Waals surface area contributed by atoms with Crippen LogP contribution in [0, 0.1) is 6.92 Å². The predicted molar refractivity (Wildman–Crippen MR) is 83.4 cm³/mol.